The molecule has 3 nitrogen and oxygen atoms in total. The molecular weight excluding hydrogens is 324 g/mol. The van der Waals surface area contributed by atoms with Gasteiger partial charge in [-0.25, -0.2) is 0 Å². The zero-order valence-corrected chi connectivity index (χ0v) is 14.8. The monoisotopic (exact) mass is 344 g/mol. The lowest BCUT2D eigenvalue weighted by atomic mass is 9.89. The molecule has 1 atom stereocenters. The Morgan fingerprint density at radius 3 is 2.50 bits per heavy atom. The van der Waals surface area contributed by atoms with Gasteiger partial charge in [-0.05, 0) is 41.3 Å². The lowest BCUT2D eigenvalue weighted by Gasteiger charge is -2.28. The van der Waals surface area contributed by atoms with Gasteiger partial charge in [0.1, 0.15) is 11.9 Å². The maximum Gasteiger partial charge on any atom is 0.161 e. The van der Waals surface area contributed by atoms with Gasteiger partial charge in [0, 0.05) is 17.2 Å². The predicted molar refractivity (Wildman–Crippen MR) is 104 cm³/mol. The minimum Gasteiger partial charge on any atom is -0.504 e. The van der Waals surface area contributed by atoms with Crippen LogP contribution in [-0.2, 0) is 0 Å². The second kappa shape index (κ2) is 6.26. The number of benzene rings is 3. The van der Waals surface area contributed by atoms with Crippen LogP contribution in [0.15, 0.2) is 67.2 Å². The number of methoxy groups -OCH3 is 1. The van der Waals surface area contributed by atoms with E-state index in [1.165, 1.54) is 0 Å². The second-order valence-corrected chi connectivity index (χ2v) is 6.43. The number of hydrogen-bond donors (Lipinski definition) is 1. The summed E-state index contributed by atoms with van der Waals surface area (Å²) in [4.78, 5) is 0. The molecule has 0 fully saturated rings. The van der Waals surface area contributed by atoms with Gasteiger partial charge in [-0.3, -0.25) is 0 Å². The normalized spacial score (nSPS) is 14.8. The van der Waals surface area contributed by atoms with Crippen molar-refractivity contribution in [1.29, 1.82) is 0 Å². The Labute approximate surface area is 153 Å². The molecule has 1 heterocycles. The molecule has 0 amide bonds. The van der Waals surface area contributed by atoms with Crippen molar-refractivity contribution in [3.8, 4) is 28.4 Å². The fourth-order valence-corrected chi connectivity index (χ4v) is 3.41. The Bertz CT molecular complexity index is 990. The lowest BCUT2D eigenvalue weighted by Crippen LogP contribution is -2.11. The zero-order chi connectivity index (χ0) is 18.3. The molecule has 1 N–H and O–H groups in total. The van der Waals surface area contributed by atoms with Crippen LogP contribution >= 0.6 is 0 Å². The highest BCUT2D eigenvalue weighted by atomic mass is 16.5. The van der Waals surface area contributed by atoms with Gasteiger partial charge in [-0.1, -0.05) is 49.0 Å². The van der Waals surface area contributed by atoms with Gasteiger partial charge in [-0.15, -0.1) is 0 Å². The molecule has 0 aromatic heterocycles. The van der Waals surface area contributed by atoms with Crippen LogP contribution in [0.3, 0.4) is 0 Å². The van der Waals surface area contributed by atoms with Crippen LogP contribution in [0.1, 0.15) is 29.7 Å². The Morgan fingerprint density at radius 1 is 1.00 bits per heavy atom. The summed E-state index contributed by atoms with van der Waals surface area (Å²) in [6, 6.07) is 19.9. The van der Waals surface area contributed by atoms with Gasteiger partial charge in [0.25, 0.3) is 0 Å². The van der Waals surface area contributed by atoms with Gasteiger partial charge >= 0.3 is 0 Å². The Kier molecular flexibility index (Phi) is 3.92. The molecule has 0 saturated carbocycles. The standard InChI is InChI=1S/C23H20O3/c1-14(16-7-5-4-6-8-16)17-9-10-18-19(11-17)15(2)26-22-13-21(24)23(25-3)12-20(18)22/h4-13,15,24H,1H2,2-3H3. The van der Waals surface area contributed by atoms with Crippen LogP contribution in [0.25, 0.3) is 16.7 Å². The van der Waals surface area contributed by atoms with Crippen molar-refractivity contribution in [3.63, 3.8) is 0 Å². The number of phenols is 1. The molecule has 4 rings (SSSR count). The zero-order valence-electron chi connectivity index (χ0n) is 14.8. The van der Waals surface area contributed by atoms with Crippen LogP contribution < -0.4 is 9.47 Å². The Morgan fingerprint density at radius 2 is 1.77 bits per heavy atom. The van der Waals surface area contributed by atoms with E-state index in [-0.39, 0.29) is 11.9 Å². The minimum atomic E-state index is -0.117. The van der Waals surface area contributed by atoms with Crippen molar-refractivity contribution < 1.29 is 14.6 Å². The molecule has 0 spiro atoms. The molecule has 1 aliphatic heterocycles. The second-order valence-electron chi connectivity index (χ2n) is 6.43. The molecule has 130 valence electrons. The molecule has 3 aromatic carbocycles. The van der Waals surface area contributed by atoms with Gasteiger partial charge in [0.15, 0.2) is 11.5 Å². The molecule has 0 aliphatic carbocycles. The third-order valence-electron chi connectivity index (χ3n) is 4.84. The highest BCUT2D eigenvalue weighted by molar-refractivity contribution is 5.83. The SMILES string of the molecule is C=C(c1ccccc1)c1ccc2c(c1)C(C)Oc1cc(O)c(OC)cc1-2. The minimum absolute atomic E-state index is 0.0796. The third kappa shape index (κ3) is 2.62. The number of rotatable bonds is 3. The van der Waals surface area contributed by atoms with Crippen molar-refractivity contribution in [2.75, 3.05) is 7.11 Å². The highest BCUT2D eigenvalue weighted by Gasteiger charge is 2.25. The summed E-state index contributed by atoms with van der Waals surface area (Å²) >= 11 is 0. The topological polar surface area (TPSA) is 38.7 Å². The molecule has 1 aliphatic rings. The van der Waals surface area contributed by atoms with Gasteiger partial charge in [0.2, 0.25) is 0 Å². The summed E-state index contributed by atoms with van der Waals surface area (Å²) < 4.78 is 11.3. The predicted octanol–water partition coefficient (Wildman–Crippen LogP) is 5.58. The van der Waals surface area contributed by atoms with Gasteiger partial charge in [-0.2, -0.15) is 0 Å². The molecule has 3 heteroatoms. The van der Waals surface area contributed by atoms with Crippen LogP contribution in [-0.4, -0.2) is 12.2 Å². The van der Waals surface area contributed by atoms with E-state index in [0.29, 0.717) is 11.5 Å². The van der Waals surface area contributed by atoms with Crippen LogP contribution in [0.5, 0.6) is 17.2 Å². The first-order chi connectivity index (χ1) is 12.6. The molecule has 1 unspecified atom stereocenters. The van der Waals surface area contributed by atoms with E-state index in [1.807, 2.05) is 31.2 Å². The molecular formula is C23H20O3. The largest absolute Gasteiger partial charge is 0.504 e. The van der Waals surface area contributed by atoms with Crippen molar-refractivity contribution in [1.82, 2.24) is 0 Å². The molecule has 26 heavy (non-hydrogen) atoms. The summed E-state index contributed by atoms with van der Waals surface area (Å²) in [6.07, 6.45) is -0.117. The summed E-state index contributed by atoms with van der Waals surface area (Å²) in [6.45, 7) is 6.27. The Balaban J connectivity index is 1.81. The fraction of sp³-hybridized carbons (Fsp3) is 0.130. The third-order valence-corrected chi connectivity index (χ3v) is 4.84. The summed E-state index contributed by atoms with van der Waals surface area (Å²) in [7, 11) is 1.54. The Hall–Kier alpha value is -3.20. The van der Waals surface area contributed by atoms with E-state index in [1.54, 1.807) is 13.2 Å². The average Bonchev–Trinajstić information content (AvgIpc) is 2.67. The first kappa shape index (κ1) is 16.3. The summed E-state index contributed by atoms with van der Waals surface area (Å²) in [5, 5.41) is 10.0. The molecule has 0 radical (unpaired) electrons. The number of aromatic hydroxyl groups is 1. The summed E-state index contributed by atoms with van der Waals surface area (Å²) in [5.41, 5.74) is 6.25. The molecule has 0 saturated heterocycles. The first-order valence-electron chi connectivity index (χ1n) is 8.55. The van der Waals surface area contributed by atoms with Crippen LogP contribution in [0, 0.1) is 0 Å². The number of ether oxygens (including phenoxy) is 2. The van der Waals surface area contributed by atoms with E-state index < -0.39 is 0 Å². The number of hydrogen-bond acceptors (Lipinski definition) is 3. The highest BCUT2D eigenvalue weighted by Crippen LogP contribution is 2.47. The van der Waals surface area contributed by atoms with E-state index >= 15 is 0 Å². The average molecular weight is 344 g/mol. The van der Waals surface area contributed by atoms with E-state index in [2.05, 4.69) is 36.9 Å². The van der Waals surface area contributed by atoms with E-state index in [9.17, 15) is 5.11 Å². The fourth-order valence-electron chi connectivity index (χ4n) is 3.41. The van der Waals surface area contributed by atoms with E-state index in [0.717, 1.165) is 33.4 Å². The van der Waals surface area contributed by atoms with Gasteiger partial charge in [0.05, 0.1) is 7.11 Å². The lowest BCUT2D eigenvalue weighted by molar-refractivity contribution is 0.222. The smallest absolute Gasteiger partial charge is 0.161 e. The van der Waals surface area contributed by atoms with E-state index in [4.69, 9.17) is 9.47 Å². The van der Waals surface area contributed by atoms with Crippen LogP contribution in [0.4, 0.5) is 0 Å². The number of phenolic OH excluding ortho intramolecular Hbond substituents is 1. The van der Waals surface area contributed by atoms with Crippen molar-refractivity contribution in [3.05, 3.63) is 83.9 Å². The maximum absolute atomic E-state index is 10.0. The quantitative estimate of drug-likeness (QED) is 0.674. The van der Waals surface area contributed by atoms with Crippen LogP contribution in [0.2, 0.25) is 0 Å². The van der Waals surface area contributed by atoms with Gasteiger partial charge < -0.3 is 14.6 Å². The van der Waals surface area contributed by atoms with Crippen molar-refractivity contribution >= 4 is 5.57 Å². The number of fused-ring (bicyclic) bond motifs is 3. The first-order valence-corrected chi connectivity index (χ1v) is 8.55. The van der Waals surface area contributed by atoms with Crippen molar-refractivity contribution in [2.45, 2.75) is 13.0 Å². The molecule has 3 aromatic rings. The maximum atomic E-state index is 10.0. The summed E-state index contributed by atoms with van der Waals surface area (Å²) in [5.74, 6) is 1.18. The molecule has 0 bridgehead atoms. The van der Waals surface area contributed by atoms with Crippen molar-refractivity contribution in [2.24, 2.45) is 0 Å².